The number of carbonyl (C=O) groups excluding carboxylic acids is 2. The molecule has 0 aliphatic heterocycles. The van der Waals surface area contributed by atoms with E-state index < -0.39 is 0 Å². The van der Waals surface area contributed by atoms with Crippen molar-refractivity contribution in [1.82, 2.24) is 20.1 Å². The Morgan fingerprint density at radius 2 is 1.83 bits per heavy atom. The van der Waals surface area contributed by atoms with E-state index in [-0.39, 0.29) is 24.1 Å². The summed E-state index contributed by atoms with van der Waals surface area (Å²) in [5.41, 5.74) is 3.30. The van der Waals surface area contributed by atoms with Crippen molar-refractivity contribution >= 4 is 40.9 Å². The Labute approximate surface area is 184 Å². The second-order valence-electron chi connectivity index (χ2n) is 6.80. The van der Waals surface area contributed by atoms with Crippen LogP contribution in [0.1, 0.15) is 27.3 Å². The van der Waals surface area contributed by atoms with Crippen molar-refractivity contribution in [3.63, 3.8) is 0 Å². The highest BCUT2D eigenvalue weighted by molar-refractivity contribution is 7.99. The molecule has 156 valence electrons. The predicted molar refractivity (Wildman–Crippen MR) is 119 cm³/mol. The van der Waals surface area contributed by atoms with Gasteiger partial charge >= 0.3 is 0 Å². The number of thioether (sulfide) groups is 1. The van der Waals surface area contributed by atoms with E-state index in [4.69, 9.17) is 11.6 Å². The van der Waals surface area contributed by atoms with E-state index >= 15 is 0 Å². The third-order valence-corrected chi connectivity index (χ3v) is 5.70. The highest BCUT2D eigenvalue weighted by Gasteiger charge is 2.13. The Balaban J connectivity index is 1.52. The lowest BCUT2D eigenvalue weighted by Gasteiger charge is -2.09. The number of rotatable bonds is 7. The molecule has 0 bridgehead atoms. The summed E-state index contributed by atoms with van der Waals surface area (Å²) in [5, 5.41) is 15.1. The minimum absolute atomic E-state index is 0.150. The van der Waals surface area contributed by atoms with E-state index in [1.54, 1.807) is 41.9 Å². The summed E-state index contributed by atoms with van der Waals surface area (Å²) in [5.74, 6) is 0.462. The fraction of sp³-hybridized carbons (Fsp3) is 0.238. The number of hydrogen-bond acceptors (Lipinski definition) is 5. The molecule has 0 radical (unpaired) electrons. The molecule has 1 aromatic heterocycles. The highest BCUT2D eigenvalue weighted by atomic mass is 35.5. The predicted octanol–water partition coefficient (Wildman–Crippen LogP) is 3.75. The SMILES string of the molecule is Cc1ccc(C(=O)NCc2nnc(SCC(=O)Nc3ccc(Cl)cc3C)n2C)cc1. The summed E-state index contributed by atoms with van der Waals surface area (Å²) < 4.78 is 1.76. The van der Waals surface area contributed by atoms with Gasteiger partial charge in [0.1, 0.15) is 0 Å². The zero-order valence-corrected chi connectivity index (χ0v) is 18.5. The molecule has 2 amide bonds. The zero-order valence-electron chi connectivity index (χ0n) is 16.9. The van der Waals surface area contributed by atoms with Gasteiger partial charge in [-0.25, -0.2) is 0 Å². The summed E-state index contributed by atoms with van der Waals surface area (Å²) in [6.45, 7) is 4.10. The lowest BCUT2D eigenvalue weighted by molar-refractivity contribution is -0.113. The van der Waals surface area contributed by atoms with Gasteiger partial charge in [0, 0.05) is 23.3 Å². The van der Waals surface area contributed by atoms with Crippen LogP contribution in [-0.2, 0) is 18.4 Å². The summed E-state index contributed by atoms with van der Waals surface area (Å²) in [4.78, 5) is 24.5. The number of aromatic nitrogens is 3. The second-order valence-corrected chi connectivity index (χ2v) is 8.18. The maximum atomic E-state index is 12.3. The van der Waals surface area contributed by atoms with Crippen molar-refractivity contribution in [3.8, 4) is 0 Å². The quantitative estimate of drug-likeness (QED) is 0.543. The Bertz CT molecular complexity index is 1070. The minimum Gasteiger partial charge on any atom is -0.345 e. The van der Waals surface area contributed by atoms with Crippen molar-refractivity contribution in [1.29, 1.82) is 0 Å². The van der Waals surface area contributed by atoms with Crippen LogP contribution in [-0.4, -0.2) is 32.3 Å². The van der Waals surface area contributed by atoms with E-state index in [1.165, 1.54) is 11.8 Å². The van der Waals surface area contributed by atoms with Gasteiger partial charge in [-0.2, -0.15) is 0 Å². The van der Waals surface area contributed by atoms with Crippen LogP contribution in [0.2, 0.25) is 5.02 Å². The molecule has 0 saturated carbocycles. The summed E-state index contributed by atoms with van der Waals surface area (Å²) >= 11 is 7.21. The summed E-state index contributed by atoms with van der Waals surface area (Å²) in [6.07, 6.45) is 0. The van der Waals surface area contributed by atoms with Crippen molar-refractivity contribution in [2.24, 2.45) is 7.05 Å². The van der Waals surface area contributed by atoms with E-state index in [0.717, 1.165) is 16.8 Å². The first kappa shape index (κ1) is 21.9. The number of hydrogen-bond donors (Lipinski definition) is 2. The third kappa shape index (κ3) is 5.61. The van der Waals surface area contributed by atoms with Gasteiger partial charge in [0.15, 0.2) is 11.0 Å². The standard InChI is InChI=1S/C21H22ClN5O2S/c1-13-4-6-15(7-5-13)20(29)23-11-18-25-26-21(27(18)3)30-12-19(28)24-17-9-8-16(22)10-14(17)2/h4-10H,11-12H2,1-3H3,(H,23,29)(H,24,28). The molecule has 0 aliphatic rings. The number of benzene rings is 2. The second kappa shape index (κ2) is 9.77. The average Bonchev–Trinajstić information content (AvgIpc) is 3.07. The summed E-state index contributed by atoms with van der Waals surface area (Å²) in [6, 6.07) is 12.6. The van der Waals surface area contributed by atoms with Crippen molar-refractivity contribution in [2.45, 2.75) is 25.5 Å². The number of nitrogens with one attached hydrogen (secondary N) is 2. The minimum atomic E-state index is -0.176. The molecule has 0 atom stereocenters. The lowest BCUT2D eigenvalue weighted by Crippen LogP contribution is -2.24. The van der Waals surface area contributed by atoms with Gasteiger partial charge in [0.25, 0.3) is 5.91 Å². The molecule has 0 fully saturated rings. The Hall–Kier alpha value is -2.84. The first-order valence-electron chi connectivity index (χ1n) is 9.25. The number of carbonyl (C=O) groups is 2. The first-order chi connectivity index (χ1) is 14.3. The zero-order chi connectivity index (χ0) is 21.7. The molecule has 0 spiro atoms. The Kier molecular flexibility index (Phi) is 7.12. The van der Waals surface area contributed by atoms with Crippen LogP contribution in [0.5, 0.6) is 0 Å². The molecule has 1 heterocycles. The van der Waals surface area contributed by atoms with E-state index in [0.29, 0.717) is 21.6 Å². The smallest absolute Gasteiger partial charge is 0.251 e. The van der Waals surface area contributed by atoms with Crippen LogP contribution in [0, 0.1) is 13.8 Å². The van der Waals surface area contributed by atoms with Gasteiger partial charge in [-0.05, 0) is 49.7 Å². The van der Waals surface area contributed by atoms with Crippen LogP contribution in [0.15, 0.2) is 47.6 Å². The van der Waals surface area contributed by atoms with Crippen molar-refractivity contribution in [3.05, 3.63) is 70.0 Å². The van der Waals surface area contributed by atoms with Gasteiger partial charge in [-0.1, -0.05) is 41.1 Å². The fourth-order valence-corrected chi connectivity index (χ4v) is 3.63. The van der Waals surface area contributed by atoms with Crippen LogP contribution in [0.3, 0.4) is 0 Å². The van der Waals surface area contributed by atoms with E-state index in [1.807, 2.05) is 26.0 Å². The number of aryl methyl sites for hydroxylation is 2. The van der Waals surface area contributed by atoms with Crippen LogP contribution in [0.4, 0.5) is 5.69 Å². The van der Waals surface area contributed by atoms with Crippen LogP contribution < -0.4 is 10.6 Å². The van der Waals surface area contributed by atoms with Gasteiger partial charge in [0.2, 0.25) is 5.91 Å². The molecule has 2 N–H and O–H groups in total. The number of halogens is 1. The molecular weight excluding hydrogens is 422 g/mol. The molecule has 7 nitrogen and oxygen atoms in total. The van der Waals surface area contributed by atoms with Gasteiger partial charge in [-0.15, -0.1) is 10.2 Å². The van der Waals surface area contributed by atoms with Gasteiger partial charge < -0.3 is 15.2 Å². The molecule has 0 aliphatic carbocycles. The Morgan fingerprint density at radius 1 is 1.10 bits per heavy atom. The average molecular weight is 444 g/mol. The largest absolute Gasteiger partial charge is 0.345 e. The normalized spacial score (nSPS) is 10.7. The highest BCUT2D eigenvalue weighted by Crippen LogP contribution is 2.21. The van der Waals surface area contributed by atoms with Gasteiger partial charge in [-0.3, -0.25) is 9.59 Å². The lowest BCUT2D eigenvalue weighted by atomic mass is 10.1. The molecule has 2 aromatic carbocycles. The van der Waals surface area contributed by atoms with E-state index in [9.17, 15) is 9.59 Å². The molecule has 0 saturated heterocycles. The molecule has 3 aromatic rings. The Morgan fingerprint density at radius 3 is 2.53 bits per heavy atom. The van der Waals surface area contributed by atoms with Gasteiger partial charge in [0.05, 0.1) is 12.3 Å². The maximum absolute atomic E-state index is 12.3. The first-order valence-corrected chi connectivity index (χ1v) is 10.6. The molecule has 0 unspecified atom stereocenters. The molecule has 30 heavy (non-hydrogen) atoms. The van der Waals surface area contributed by atoms with Crippen LogP contribution in [0.25, 0.3) is 0 Å². The van der Waals surface area contributed by atoms with Crippen molar-refractivity contribution < 1.29 is 9.59 Å². The molecule has 9 heteroatoms. The number of amides is 2. The number of nitrogens with zero attached hydrogens (tertiary/aromatic N) is 3. The van der Waals surface area contributed by atoms with E-state index in [2.05, 4.69) is 20.8 Å². The third-order valence-electron chi connectivity index (χ3n) is 4.44. The van der Waals surface area contributed by atoms with Crippen LogP contribution >= 0.6 is 23.4 Å². The maximum Gasteiger partial charge on any atom is 0.251 e. The molecular formula is C21H22ClN5O2S. The summed E-state index contributed by atoms with van der Waals surface area (Å²) in [7, 11) is 1.80. The van der Waals surface area contributed by atoms with Crippen molar-refractivity contribution in [2.75, 3.05) is 11.1 Å². The molecule has 3 rings (SSSR count). The topological polar surface area (TPSA) is 88.9 Å². The monoisotopic (exact) mass is 443 g/mol. The number of anilines is 1. The fourth-order valence-electron chi connectivity index (χ4n) is 2.67.